The second-order valence-corrected chi connectivity index (χ2v) is 7.25. The molecule has 1 fully saturated rings. The molecule has 0 spiro atoms. The summed E-state index contributed by atoms with van der Waals surface area (Å²) in [6, 6.07) is -0.824. The van der Waals surface area contributed by atoms with E-state index in [0.717, 1.165) is 0 Å². The zero-order valence-corrected chi connectivity index (χ0v) is 15.2. The number of nitrogens with two attached hydrogens (primary N) is 1. The number of fused-ring (bicyclic) bond motifs is 1. The van der Waals surface area contributed by atoms with Gasteiger partial charge in [-0.25, -0.2) is 4.98 Å². The van der Waals surface area contributed by atoms with Gasteiger partial charge in [0.15, 0.2) is 0 Å². The molecule has 1 aliphatic rings. The third kappa shape index (κ3) is 3.05. The van der Waals surface area contributed by atoms with Crippen LogP contribution in [0.2, 0.25) is 0 Å². The molecule has 2 aromatic rings. The lowest BCUT2D eigenvalue weighted by atomic mass is 10.1. The molecule has 4 N–H and O–H groups in total. The molecule has 0 saturated carbocycles. The maximum atomic E-state index is 13.1. The van der Waals surface area contributed by atoms with Crippen LogP contribution in [0.5, 0.6) is 0 Å². The van der Waals surface area contributed by atoms with Crippen LogP contribution in [0.4, 0.5) is 0 Å². The second kappa shape index (κ2) is 6.57. The van der Waals surface area contributed by atoms with Crippen molar-refractivity contribution in [1.82, 2.24) is 20.2 Å². The SMILES string of the molecule is CCNC(=O)[C@@H]1C[C@@H](N)CN1C(=O)c1sc2nc(C)[nH]c(=O)c2c1C. The molecule has 0 bridgehead atoms. The quantitative estimate of drug-likeness (QED) is 0.723. The van der Waals surface area contributed by atoms with Gasteiger partial charge in [-0.1, -0.05) is 0 Å². The summed E-state index contributed by atoms with van der Waals surface area (Å²) in [4.78, 5) is 47.0. The summed E-state index contributed by atoms with van der Waals surface area (Å²) < 4.78 is 0. The van der Waals surface area contributed by atoms with Crippen molar-refractivity contribution in [3.63, 3.8) is 0 Å². The van der Waals surface area contributed by atoms with E-state index in [1.807, 2.05) is 6.92 Å². The van der Waals surface area contributed by atoms with Crippen LogP contribution >= 0.6 is 11.3 Å². The first-order valence-corrected chi connectivity index (χ1v) is 8.99. The fraction of sp³-hybridized carbons (Fsp3) is 0.500. The fourth-order valence-electron chi connectivity index (χ4n) is 3.22. The molecule has 0 aliphatic carbocycles. The molecule has 25 heavy (non-hydrogen) atoms. The van der Waals surface area contributed by atoms with Gasteiger partial charge < -0.3 is 20.9 Å². The van der Waals surface area contributed by atoms with Crippen molar-refractivity contribution in [2.45, 2.75) is 39.3 Å². The Morgan fingerprint density at radius 1 is 1.44 bits per heavy atom. The van der Waals surface area contributed by atoms with Crippen LogP contribution in [0.15, 0.2) is 4.79 Å². The van der Waals surface area contributed by atoms with Crippen LogP contribution in [0.1, 0.15) is 34.4 Å². The fourth-order valence-corrected chi connectivity index (χ4v) is 4.40. The number of aryl methyl sites for hydroxylation is 2. The maximum absolute atomic E-state index is 13.1. The summed E-state index contributed by atoms with van der Waals surface area (Å²) in [5, 5.41) is 3.18. The van der Waals surface area contributed by atoms with E-state index >= 15 is 0 Å². The van der Waals surface area contributed by atoms with Crippen LogP contribution < -0.4 is 16.6 Å². The number of hydrogen-bond donors (Lipinski definition) is 3. The van der Waals surface area contributed by atoms with Crippen LogP contribution in [-0.2, 0) is 4.79 Å². The smallest absolute Gasteiger partial charge is 0.265 e. The highest BCUT2D eigenvalue weighted by Gasteiger charge is 2.39. The number of rotatable bonds is 3. The first-order chi connectivity index (χ1) is 11.8. The van der Waals surface area contributed by atoms with Gasteiger partial charge in [-0.2, -0.15) is 0 Å². The number of hydrogen-bond acceptors (Lipinski definition) is 6. The summed E-state index contributed by atoms with van der Waals surface area (Å²) >= 11 is 1.18. The molecule has 134 valence electrons. The molecule has 2 atom stereocenters. The highest BCUT2D eigenvalue weighted by atomic mass is 32.1. The van der Waals surface area contributed by atoms with Crippen molar-refractivity contribution < 1.29 is 9.59 Å². The maximum Gasteiger partial charge on any atom is 0.265 e. The number of likely N-dealkylation sites (tertiary alicyclic amines) is 1. The topological polar surface area (TPSA) is 121 Å². The average Bonchev–Trinajstić information content (AvgIpc) is 3.07. The molecule has 3 rings (SSSR count). The summed E-state index contributed by atoms with van der Waals surface area (Å²) in [6.07, 6.45) is 0.430. The van der Waals surface area contributed by atoms with Crippen molar-refractivity contribution >= 4 is 33.4 Å². The van der Waals surface area contributed by atoms with E-state index in [1.165, 1.54) is 16.2 Å². The molecule has 8 nitrogen and oxygen atoms in total. The van der Waals surface area contributed by atoms with Gasteiger partial charge >= 0.3 is 0 Å². The van der Waals surface area contributed by atoms with E-state index in [1.54, 1.807) is 13.8 Å². The highest BCUT2D eigenvalue weighted by Crippen LogP contribution is 2.30. The highest BCUT2D eigenvalue weighted by molar-refractivity contribution is 7.20. The molecule has 0 radical (unpaired) electrons. The van der Waals surface area contributed by atoms with Crippen molar-refractivity contribution in [2.24, 2.45) is 5.73 Å². The molecule has 2 aromatic heterocycles. The summed E-state index contributed by atoms with van der Waals surface area (Å²) in [5.74, 6) is 0.0253. The predicted molar refractivity (Wildman–Crippen MR) is 95.8 cm³/mol. The monoisotopic (exact) mass is 363 g/mol. The Bertz CT molecular complexity index is 903. The lowest BCUT2D eigenvalue weighted by molar-refractivity contribution is -0.124. The lowest BCUT2D eigenvalue weighted by Crippen LogP contribution is -2.45. The van der Waals surface area contributed by atoms with E-state index in [2.05, 4.69) is 15.3 Å². The minimum Gasteiger partial charge on any atom is -0.355 e. The van der Waals surface area contributed by atoms with Crippen molar-refractivity contribution in [1.29, 1.82) is 0 Å². The van der Waals surface area contributed by atoms with Crippen LogP contribution in [0, 0.1) is 13.8 Å². The van der Waals surface area contributed by atoms with Crippen molar-refractivity contribution in [3.05, 3.63) is 26.6 Å². The number of nitrogens with zero attached hydrogens (tertiary/aromatic N) is 2. The van der Waals surface area contributed by atoms with Gasteiger partial charge in [0.05, 0.1) is 10.3 Å². The predicted octanol–water partition coefficient (Wildman–Crippen LogP) is 0.279. The Balaban J connectivity index is 2.01. The van der Waals surface area contributed by atoms with Crippen LogP contribution in [-0.4, -0.2) is 51.9 Å². The molecule has 0 unspecified atom stereocenters. The van der Waals surface area contributed by atoms with E-state index in [9.17, 15) is 14.4 Å². The number of aromatic nitrogens is 2. The molecular formula is C16H21N5O3S. The normalized spacial score (nSPS) is 20.2. The van der Waals surface area contributed by atoms with Gasteiger partial charge in [-0.05, 0) is 32.8 Å². The Hall–Kier alpha value is -2.26. The van der Waals surface area contributed by atoms with Crippen LogP contribution in [0.25, 0.3) is 10.2 Å². The van der Waals surface area contributed by atoms with E-state index < -0.39 is 6.04 Å². The lowest BCUT2D eigenvalue weighted by Gasteiger charge is -2.23. The average molecular weight is 363 g/mol. The Kier molecular flexibility index (Phi) is 4.61. The van der Waals surface area contributed by atoms with Crippen molar-refractivity contribution in [3.8, 4) is 0 Å². The van der Waals surface area contributed by atoms with Gasteiger partial charge in [0.1, 0.15) is 16.7 Å². The molecular weight excluding hydrogens is 342 g/mol. The van der Waals surface area contributed by atoms with Crippen LogP contribution in [0.3, 0.4) is 0 Å². The molecule has 0 aromatic carbocycles. The molecule has 9 heteroatoms. The standard InChI is InChI=1S/C16H21N5O3S/c1-4-18-13(22)10-5-9(17)6-21(10)16(24)12-7(2)11-14(23)19-8(3)20-15(11)25-12/h9-10H,4-6,17H2,1-3H3,(H,18,22)(H,19,20,23)/t9-,10+/m1/s1. The van der Waals surface area contributed by atoms with E-state index in [0.29, 0.717) is 46.0 Å². The minimum atomic E-state index is -0.583. The van der Waals surface area contributed by atoms with Crippen molar-refractivity contribution in [2.75, 3.05) is 13.1 Å². The number of likely N-dealkylation sites (N-methyl/N-ethyl adjacent to an activating group) is 1. The minimum absolute atomic E-state index is 0.200. The Morgan fingerprint density at radius 2 is 2.16 bits per heavy atom. The number of carbonyl (C=O) groups excluding carboxylic acids is 2. The molecule has 2 amide bonds. The van der Waals surface area contributed by atoms with Gasteiger partial charge in [0.25, 0.3) is 11.5 Å². The summed E-state index contributed by atoms with van der Waals surface area (Å²) in [5.41, 5.74) is 6.32. The summed E-state index contributed by atoms with van der Waals surface area (Å²) in [7, 11) is 0. The Labute approximate surface area is 148 Å². The number of amides is 2. The second-order valence-electron chi connectivity index (χ2n) is 6.25. The number of thiophene rings is 1. The molecule has 1 aliphatic heterocycles. The Morgan fingerprint density at radius 3 is 2.84 bits per heavy atom. The third-order valence-electron chi connectivity index (χ3n) is 4.36. The van der Waals surface area contributed by atoms with Gasteiger partial charge in [0.2, 0.25) is 5.91 Å². The van der Waals surface area contributed by atoms with E-state index in [4.69, 9.17) is 5.73 Å². The molecule has 1 saturated heterocycles. The number of carbonyl (C=O) groups is 2. The van der Waals surface area contributed by atoms with Gasteiger partial charge in [-0.3, -0.25) is 14.4 Å². The number of H-pyrrole nitrogens is 1. The first kappa shape index (κ1) is 17.6. The molecule has 3 heterocycles. The number of aromatic amines is 1. The van der Waals surface area contributed by atoms with Gasteiger partial charge in [0, 0.05) is 19.1 Å². The number of nitrogens with one attached hydrogen (secondary N) is 2. The zero-order valence-electron chi connectivity index (χ0n) is 14.4. The summed E-state index contributed by atoms with van der Waals surface area (Å²) in [6.45, 7) is 6.07. The van der Waals surface area contributed by atoms with E-state index in [-0.39, 0.29) is 23.4 Å². The largest absolute Gasteiger partial charge is 0.355 e. The zero-order chi connectivity index (χ0) is 18.3. The third-order valence-corrected chi connectivity index (χ3v) is 5.53. The first-order valence-electron chi connectivity index (χ1n) is 8.17. The van der Waals surface area contributed by atoms with Gasteiger partial charge in [-0.15, -0.1) is 11.3 Å².